The van der Waals surface area contributed by atoms with Crippen LogP contribution in [0.1, 0.15) is 26.7 Å². The van der Waals surface area contributed by atoms with Gasteiger partial charge in [0.05, 0.1) is 0 Å². The van der Waals surface area contributed by atoms with Gasteiger partial charge in [-0.05, 0) is 43.4 Å². The van der Waals surface area contributed by atoms with Gasteiger partial charge in [0, 0.05) is 19.3 Å². The van der Waals surface area contributed by atoms with Gasteiger partial charge in [0.2, 0.25) is 0 Å². The van der Waals surface area contributed by atoms with Crippen LogP contribution < -0.4 is 0 Å². The highest BCUT2D eigenvalue weighted by Crippen LogP contribution is 2.30. The number of nitrogens with zero attached hydrogens (tertiary/aromatic N) is 1. The molecule has 1 aliphatic heterocycles. The molecule has 0 fully saturated rings. The summed E-state index contributed by atoms with van der Waals surface area (Å²) < 4.78 is 0. The fourth-order valence-corrected chi connectivity index (χ4v) is 2.36. The van der Waals surface area contributed by atoms with Crippen molar-refractivity contribution >= 4 is 0 Å². The van der Waals surface area contributed by atoms with Crippen molar-refractivity contribution in [3.05, 3.63) is 46.7 Å². The first-order valence-corrected chi connectivity index (χ1v) is 5.66. The molecule has 0 spiro atoms. The van der Waals surface area contributed by atoms with Crippen molar-refractivity contribution in [2.75, 3.05) is 13.6 Å². The van der Waals surface area contributed by atoms with Gasteiger partial charge in [-0.2, -0.15) is 0 Å². The molecule has 1 heteroatoms. The van der Waals surface area contributed by atoms with Gasteiger partial charge in [0.1, 0.15) is 0 Å². The Kier molecular flexibility index (Phi) is 2.81. The second-order valence-electron chi connectivity index (χ2n) is 4.40. The van der Waals surface area contributed by atoms with Gasteiger partial charge in [-0.3, -0.25) is 0 Å². The molecule has 2 rings (SSSR count). The lowest BCUT2D eigenvalue weighted by atomic mass is 9.92. The summed E-state index contributed by atoms with van der Waals surface area (Å²) >= 11 is 0. The van der Waals surface area contributed by atoms with Gasteiger partial charge >= 0.3 is 0 Å². The minimum atomic E-state index is 1.03. The Hall–Kier alpha value is -1.24. The summed E-state index contributed by atoms with van der Waals surface area (Å²) in [6, 6.07) is 0. The van der Waals surface area contributed by atoms with Crippen molar-refractivity contribution in [1.29, 1.82) is 0 Å². The first-order chi connectivity index (χ1) is 7.20. The Labute approximate surface area is 92.5 Å². The molecule has 0 radical (unpaired) electrons. The molecule has 0 amide bonds. The molecule has 0 aromatic heterocycles. The molecule has 0 aromatic rings. The van der Waals surface area contributed by atoms with Crippen molar-refractivity contribution in [1.82, 2.24) is 4.90 Å². The smallest absolute Gasteiger partial charge is 0.0468 e. The number of hydrogen-bond acceptors (Lipinski definition) is 1. The van der Waals surface area contributed by atoms with Crippen LogP contribution in [0.25, 0.3) is 0 Å². The van der Waals surface area contributed by atoms with Gasteiger partial charge in [-0.15, -0.1) is 0 Å². The van der Waals surface area contributed by atoms with Crippen molar-refractivity contribution in [2.24, 2.45) is 0 Å². The maximum Gasteiger partial charge on any atom is 0.0468 e. The highest BCUT2D eigenvalue weighted by atomic mass is 15.1. The molecule has 0 N–H and O–H groups in total. The van der Waals surface area contributed by atoms with E-state index in [1.165, 1.54) is 35.3 Å². The Balaban J connectivity index is 2.41. The van der Waals surface area contributed by atoms with Crippen molar-refractivity contribution in [3.63, 3.8) is 0 Å². The molecule has 15 heavy (non-hydrogen) atoms. The molecule has 80 valence electrons. The Morgan fingerprint density at radius 2 is 1.87 bits per heavy atom. The molecule has 2 aliphatic rings. The van der Waals surface area contributed by atoms with Crippen molar-refractivity contribution < 1.29 is 0 Å². The van der Waals surface area contributed by atoms with Crippen LogP contribution in [0.4, 0.5) is 0 Å². The highest BCUT2D eigenvalue weighted by Gasteiger charge is 2.17. The summed E-state index contributed by atoms with van der Waals surface area (Å²) in [5.74, 6) is 0. The molecule has 0 saturated carbocycles. The third-order valence-electron chi connectivity index (χ3n) is 3.15. The summed E-state index contributed by atoms with van der Waals surface area (Å²) in [5, 5.41) is 0. The number of allylic oxidation sites excluding steroid dienone is 5. The van der Waals surface area contributed by atoms with E-state index in [9.17, 15) is 0 Å². The predicted octanol–water partition coefficient (Wildman–Crippen LogP) is 3.43. The molecular formula is C14H19N. The van der Waals surface area contributed by atoms with Gasteiger partial charge in [-0.1, -0.05) is 24.3 Å². The zero-order chi connectivity index (χ0) is 10.8. The van der Waals surface area contributed by atoms with Gasteiger partial charge in [0.15, 0.2) is 0 Å². The van der Waals surface area contributed by atoms with Crippen LogP contribution in [0.2, 0.25) is 0 Å². The molecule has 1 aliphatic carbocycles. The number of hydrogen-bond donors (Lipinski definition) is 0. The fourth-order valence-electron chi connectivity index (χ4n) is 2.36. The lowest BCUT2D eigenvalue weighted by Crippen LogP contribution is -2.23. The minimum absolute atomic E-state index is 1.03. The quantitative estimate of drug-likeness (QED) is 0.628. The fraction of sp³-hybridized carbons (Fsp3) is 0.429. The second kappa shape index (κ2) is 4.09. The molecule has 0 unspecified atom stereocenters. The summed E-state index contributed by atoms with van der Waals surface area (Å²) in [7, 11) is 2.17. The van der Waals surface area contributed by atoms with E-state index >= 15 is 0 Å². The monoisotopic (exact) mass is 201 g/mol. The molecule has 0 aromatic carbocycles. The van der Waals surface area contributed by atoms with Crippen LogP contribution in [-0.2, 0) is 0 Å². The van der Waals surface area contributed by atoms with E-state index in [0.29, 0.717) is 0 Å². The van der Waals surface area contributed by atoms with Crippen LogP contribution in [0.5, 0.6) is 0 Å². The van der Waals surface area contributed by atoms with E-state index in [-0.39, 0.29) is 0 Å². The first-order valence-electron chi connectivity index (χ1n) is 5.66. The van der Waals surface area contributed by atoms with Gasteiger partial charge in [0.25, 0.3) is 0 Å². The zero-order valence-corrected chi connectivity index (χ0v) is 9.88. The lowest BCUT2D eigenvalue weighted by Gasteiger charge is -2.29. The largest absolute Gasteiger partial charge is 0.370 e. The Morgan fingerprint density at radius 1 is 1.13 bits per heavy atom. The van der Waals surface area contributed by atoms with E-state index in [2.05, 4.69) is 50.1 Å². The molecule has 0 bridgehead atoms. The minimum Gasteiger partial charge on any atom is -0.370 e. The van der Waals surface area contributed by atoms with Gasteiger partial charge < -0.3 is 4.90 Å². The van der Waals surface area contributed by atoms with Crippen LogP contribution in [-0.4, -0.2) is 18.5 Å². The van der Waals surface area contributed by atoms with E-state index in [0.717, 1.165) is 6.54 Å². The van der Waals surface area contributed by atoms with Crippen LogP contribution in [0.15, 0.2) is 46.7 Å². The standard InChI is InChI=1S/C14H19N/c1-11-7-4-5-9-13(11)14-12(2)8-6-10-15(14)3/h6-9H,4-5,10H2,1-3H3. The topological polar surface area (TPSA) is 3.24 Å². The Morgan fingerprint density at radius 3 is 2.53 bits per heavy atom. The Bertz CT molecular complexity index is 380. The summed E-state index contributed by atoms with van der Waals surface area (Å²) in [6.07, 6.45) is 11.6. The molecular weight excluding hydrogens is 182 g/mol. The molecule has 1 heterocycles. The maximum atomic E-state index is 2.38. The third kappa shape index (κ3) is 1.92. The number of likely N-dealkylation sites (N-methyl/N-ethyl adjacent to an activating group) is 1. The average molecular weight is 201 g/mol. The third-order valence-corrected chi connectivity index (χ3v) is 3.15. The van der Waals surface area contributed by atoms with Crippen LogP contribution in [0.3, 0.4) is 0 Å². The zero-order valence-electron chi connectivity index (χ0n) is 9.88. The van der Waals surface area contributed by atoms with E-state index in [4.69, 9.17) is 0 Å². The SMILES string of the molecule is CC1=CCCC=C1C1=C(C)C=CCN1C. The van der Waals surface area contributed by atoms with Crippen LogP contribution in [0, 0.1) is 0 Å². The molecule has 0 atom stereocenters. The predicted molar refractivity (Wildman–Crippen MR) is 65.5 cm³/mol. The van der Waals surface area contributed by atoms with Crippen molar-refractivity contribution in [3.8, 4) is 0 Å². The molecule has 1 nitrogen and oxygen atoms in total. The lowest BCUT2D eigenvalue weighted by molar-refractivity contribution is 0.462. The van der Waals surface area contributed by atoms with E-state index in [1.54, 1.807) is 0 Å². The normalized spacial score (nSPS) is 21.7. The summed E-state index contributed by atoms with van der Waals surface area (Å²) in [4.78, 5) is 2.34. The van der Waals surface area contributed by atoms with Crippen molar-refractivity contribution in [2.45, 2.75) is 26.7 Å². The van der Waals surface area contributed by atoms with Gasteiger partial charge in [-0.25, -0.2) is 0 Å². The first kappa shape index (κ1) is 10.3. The van der Waals surface area contributed by atoms with E-state index in [1.807, 2.05) is 0 Å². The highest BCUT2D eigenvalue weighted by molar-refractivity contribution is 5.51. The second-order valence-corrected chi connectivity index (χ2v) is 4.40. The average Bonchev–Trinajstić information content (AvgIpc) is 2.20. The summed E-state index contributed by atoms with van der Waals surface area (Å²) in [5.41, 5.74) is 5.65. The summed E-state index contributed by atoms with van der Waals surface area (Å²) in [6.45, 7) is 5.44. The number of rotatable bonds is 1. The maximum absolute atomic E-state index is 2.38. The van der Waals surface area contributed by atoms with E-state index < -0.39 is 0 Å². The van der Waals surface area contributed by atoms with Crippen LogP contribution >= 0.6 is 0 Å². The molecule has 0 saturated heterocycles.